The summed E-state index contributed by atoms with van der Waals surface area (Å²) in [4.78, 5) is 14.2. The fourth-order valence-corrected chi connectivity index (χ4v) is 3.03. The highest BCUT2D eigenvalue weighted by atomic mass is 35.5. The van der Waals surface area contributed by atoms with Crippen LogP contribution in [0, 0.1) is 0 Å². The summed E-state index contributed by atoms with van der Waals surface area (Å²) in [5.74, 6) is 1.42. The molecule has 1 aromatic heterocycles. The molecule has 0 aliphatic heterocycles. The van der Waals surface area contributed by atoms with Crippen molar-refractivity contribution in [3.05, 3.63) is 41.4 Å². The van der Waals surface area contributed by atoms with E-state index in [2.05, 4.69) is 20.7 Å². The zero-order valence-corrected chi connectivity index (χ0v) is 17.8. The minimum Gasteiger partial charge on any atom is -0.493 e. The van der Waals surface area contributed by atoms with Gasteiger partial charge in [0.2, 0.25) is 11.6 Å². The summed E-state index contributed by atoms with van der Waals surface area (Å²) in [5, 5.41) is 15.9. The van der Waals surface area contributed by atoms with Crippen LogP contribution in [0.2, 0.25) is 5.02 Å². The van der Waals surface area contributed by atoms with Crippen molar-refractivity contribution >= 4 is 23.2 Å². The molecule has 1 unspecified atom stereocenters. The van der Waals surface area contributed by atoms with E-state index in [1.165, 1.54) is 26.1 Å². The number of hydrogen-bond donors (Lipinski definition) is 1. The number of carbonyl (C=O) groups is 1. The monoisotopic (exact) mass is 431 g/mol. The second kappa shape index (κ2) is 9.45. The SMILES string of the molecule is CCC(C(=O)Nc1cc(OC)c(OC)c(OC)c1)n1nnc(-c2ccc(Cl)cc2)n1. The van der Waals surface area contributed by atoms with Crippen LogP contribution in [-0.4, -0.2) is 47.4 Å². The third kappa shape index (κ3) is 4.46. The van der Waals surface area contributed by atoms with Crippen LogP contribution in [0.4, 0.5) is 5.69 Å². The third-order valence-electron chi connectivity index (χ3n) is 4.43. The minimum absolute atomic E-state index is 0.299. The second-order valence-electron chi connectivity index (χ2n) is 6.27. The maximum atomic E-state index is 12.9. The van der Waals surface area contributed by atoms with Crippen LogP contribution in [0.1, 0.15) is 19.4 Å². The average Bonchev–Trinajstić information content (AvgIpc) is 3.23. The summed E-state index contributed by atoms with van der Waals surface area (Å²) in [6.45, 7) is 1.87. The number of nitrogens with zero attached hydrogens (tertiary/aromatic N) is 4. The van der Waals surface area contributed by atoms with E-state index in [-0.39, 0.29) is 5.91 Å². The van der Waals surface area contributed by atoms with Crippen molar-refractivity contribution in [2.24, 2.45) is 0 Å². The highest BCUT2D eigenvalue weighted by Crippen LogP contribution is 2.40. The molecule has 10 heteroatoms. The van der Waals surface area contributed by atoms with Gasteiger partial charge < -0.3 is 19.5 Å². The lowest BCUT2D eigenvalue weighted by Crippen LogP contribution is -2.27. The van der Waals surface area contributed by atoms with Crippen LogP contribution in [0.25, 0.3) is 11.4 Å². The predicted octanol–water partition coefficient (Wildman–Crippen LogP) is 3.61. The van der Waals surface area contributed by atoms with Crippen molar-refractivity contribution in [1.29, 1.82) is 0 Å². The van der Waals surface area contributed by atoms with Crippen molar-refractivity contribution in [2.75, 3.05) is 26.6 Å². The molecule has 0 aliphatic carbocycles. The highest BCUT2D eigenvalue weighted by molar-refractivity contribution is 6.30. The quantitative estimate of drug-likeness (QED) is 0.581. The maximum Gasteiger partial charge on any atom is 0.251 e. The Balaban J connectivity index is 1.83. The number of nitrogens with one attached hydrogen (secondary N) is 1. The Morgan fingerprint density at radius 3 is 2.27 bits per heavy atom. The number of amides is 1. The smallest absolute Gasteiger partial charge is 0.251 e. The van der Waals surface area contributed by atoms with Gasteiger partial charge in [0, 0.05) is 28.4 Å². The van der Waals surface area contributed by atoms with Gasteiger partial charge in [-0.15, -0.1) is 10.2 Å². The molecule has 0 spiro atoms. The summed E-state index contributed by atoms with van der Waals surface area (Å²) < 4.78 is 16.0. The topological polar surface area (TPSA) is 100 Å². The van der Waals surface area contributed by atoms with E-state index in [0.29, 0.717) is 40.2 Å². The van der Waals surface area contributed by atoms with Crippen LogP contribution < -0.4 is 19.5 Å². The number of aromatic nitrogens is 4. The van der Waals surface area contributed by atoms with E-state index in [9.17, 15) is 4.79 Å². The first-order chi connectivity index (χ1) is 14.5. The van der Waals surface area contributed by atoms with Crippen molar-refractivity contribution in [2.45, 2.75) is 19.4 Å². The van der Waals surface area contributed by atoms with E-state index in [1.807, 2.05) is 6.92 Å². The molecular weight excluding hydrogens is 410 g/mol. The molecule has 0 radical (unpaired) electrons. The number of halogens is 1. The molecule has 30 heavy (non-hydrogen) atoms. The molecule has 0 aliphatic rings. The molecule has 158 valence electrons. The molecular formula is C20H22ClN5O4. The number of hydrogen-bond acceptors (Lipinski definition) is 7. The Morgan fingerprint density at radius 1 is 1.10 bits per heavy atom. The van der Waals surface area contributed by atoms with Gasteiger partial charge in [-0.25, -0.2) is 0 Å². The van der Waals surface area contributed by atoms with Crippen molar-refractivity contribution in [3.63, 3.8) is 0 Å². The number of anilines is 1. The Labute approximate surface area is 178 Å². The highest BCUT2D eigenvalue weighted by Gasteiger charge is 2.23. The molecule has 3 aromatic rings. The number of rotatable bonds is 8. The van der Waals surface area contributed by atoms with Crippen molar-refractivity contribution in [3.8, 4) is 28.6 Å². The molecule has 3 rings (SSSR count). The molecule has 9 nitrogen and oxygen atoms in total. The van der Waals surface area contributed by atoms with Crippen LogP contribution in [0.15, 0.2) is 36.4 Å². The van der Waals surface area contributed by atoms with Gasteiger partial charge in [0.1, 0.15) is 0 Å². The molecule has 2 aromatic carbocycles. The molecule has 0 saturated heterocycles. The van der Waals surface area contributed by atoms with Gasteiger partial charge in [-0.05, 0) is 35.9 Å². The predicted molar refractivity (Wildman–Crippen MR) is 112 cm³/mol. The summed E-state index contributed by atoms with van der Waals surface area (Å²) in [5.41, 5.74) is 1.25. The van der Waals surface area contributed by atoms with Crippen LogP contribution in [-0.2, 0) is 4.79 Å². The largest absolute Gasteiger partial charge is 0.493 e. The van der Waals surface area contributed by atoms with Gasteiger partial charge in [-0.2, -0.15) is 4.80 Å². The minimum atomic E-state index is -0.655. The van der Waals surface area contributed by atoms with E-state index in [4.69, 9.17) is 25.8 Å². The van der Waals surface area contributed by atoms with Gasteiger partial charge in [0.15, 0.2) is 17.5 Å². The first kappa shape index (κ1) is 21.4. The van der Waals surface area contributed by atoms with E-state index in [0.717, 1.165) is 5.56 Å². The number of carbonyl (C=O) groups excluding carboxylic acids is 1. The molecule has 1 amide bonds. The number of methoxy groups -OCH3 is 3. The Bertz CT molecular complexity index is 997. The van der Waals surface area contributed by atoms with Gasteiger partial charge in [-0.1, -0.05) is 18.5 Å². The average molecular weight is 432 g/mol. The first-order valence-corrected chi connectivity index (χ1v) is 9.54. The molecule has 1 heterocycles. The fraction of sp³-hybridized carbons (Fsp3) is 0.300. The van der Waals surface area contributed by atoms with Crippen molar-refractivity contribution < 1.29 is 19.0 Å². The first-order valence-electron chi connectivity index (χ1n) is 9.17. The lowest BCUT2D eigenvalue weighted by atomic mass is 10.2. The van der Waals surface area contributed by atoms with E-state index < -0.39 is 6.04 Å². The van der Waals surface area contributed by atoms with Gasteiger partial charge in [-0.3, -0.25) is 4.79 Å². The Kier molecular flexibility index (Phi) is 6.73. The van der Waals surface area contributed by atoms with Gasteiger partial charge in [0.05, 0.1) is 21.3 Å². The zero-order chi connectivity index (χ0) is 21.7. The summed E-state index contributed by atoms with van der Waals surface area (Å²) in [6.07, 6.45) is 0.465. The second-order valence-corrected chi connectivity index (χ2v) is 6.70. The van der Waals surface area contributed by atoms with E-state index in [1.54, 1.807) is 36.4 Å². The normalized spacial score (nSPS) is 11.6. The van der Waals surface area contributed by atoms with Crippen molar-refractivity contribution in [1.82, 2.24) is 20.2 Å². The van der Waals surface area contributed by atoms with Gasteiger partial charge in [0.25, 0.3) is 5.91 Å². The molecule has 0 bridgehead atoms. The number of benzene rings is 2. The summed E-state index contributed by atoms with van der Waals surface area (Å²) in [6, 6.07) is 9.72. The summed E-state index contributed by atoms with van der Waals surface area (Å²) >= 11 is 5.92. The summed E-state index contributed by atoms with van der Waals surface area (Å²) in [7, 11) is 4.53. The third-order valence-corrected chi connectivity index (χ3v) is 4.68. The van der Waals surface area contributed by atoms with E-state index >= 15 is 0 Å². The van der Waals surface area contributed by atoms with Gasteiger partial charge >= 0.3 is 0 Å². The molecule has 1 atom stereocenters. The zero-order valence-electron chi connectivity index (χ0n) is 17.0. The standard InChI is InChI=1S/C20H22ClN5O4/c1-5-15(26-24-19(23-25-26)12-6-8-13(21)9-7-12)20(27)22-14-10-16(28-2)18(30-4)17(11-14)29-3/h6-11,15H,5H2,1-4H3,(H,22,27). The molecule has 0 fully saturated rings. The maximum absolute atomic E-state index is 12.9. The number of tetrazole rings is 1. The Morgan fingerprint density at radius 2 is 1.73 bits per heavy atom. The molecule has 0 saturated carbocycles. The number of ether oxygens (including phenoxy) is 3. The fourth-order valence-electron chi connectivity index (χ4n) is 2.90. The Hall–Kier alpha value is -3.33. The lowest BCUT2D eigenvalue weighted by Gasteiger charge is -2.17. The lowest BCUT2D eigenvalue weighted by molar-refractivity contribution is -0.119. The molecule has 1 N–H and O–H groups in total. The van der Waals surface area contributed by atoms with Crippen LogP contribution >= 0.6 is 11.6 Å². The van der Waals surface area contributed by atoms with Crippen LogP contribution in [0.5, 0.6) is 17.2 Å². The van der Waals surface area contributed by atoms with Crippen LogP contribution in [0.3, 0.4) is 0 Å².